The molecule has 136 valence electrons. The molecule has 3 rings (SSSR count). The largest absolute Gasteiger partial charge is 0.356 e. The molecule has 1 saturated heterocycles. The average molecular weight is 363 g/mol. The van der Waals surface area contributed by atoms with Gasteiger partial charge in [-0.3, -0.25) is 4.57 Å². The zero-order valence-electron chi connectivity index (χ0n) is 14.9. The molecule has 25 heavy (non-hydrogen) atoms. The monoisotopic (exact) mass is 363 g/mol. The van der Waals surface area contributed by atoms with Gasteiger partial charge in [-0.15, -0.1) is 0 Å². The van der Waals surface area contributed by atoms with Crippen molar-refractivity contribution in [2.75, 3.05) is 24.2 Å². The second-order valence-electron chi connectivity index (χ2n) is 7.11. The summed E-state index contributed by atoms with van der Waals surface area (Å²) in [6, 6.07) is 4.29. The summed E-state index contributed by atoms with van der Waals surface area (Å²) in [4.78, 5) is 29.2. The molecule has 0 saturated carbocycles. The number of fused-ring (bicyclic) bond motifs is 1. The van der Waals surface area contributed by atoms with Gasteiger partial charge in [-0.25, -0.2) is 9.97 Å². The molecule has 1 aliphatic heterocycles. The third-order valence-corrected chi connectivity index (χ3v) is 6.10. The fourth-order valence-corrected chi connectivity index (χ4v) is 4.17. The Morgan fingerprint density at radius 3 is 2.52 bits per heavy atom. The van der Waals surface area contributed by atoms with Crippen molar-refractivity contribution in [1.29, 1.82) is 0 Å². The Kier molecular flexibility index (Phi) is 5.42. The summed E-state index contributed by atoms with van der Waals surface area (Å²) >= 11 is 0. The van der Waals surface area contributed by atoms with Gasteiger partial charge >= 0.3 is 7.60 Å². The molecule has 0 atom stereocenters. The smallest absolute Gasteiger partial charge is 0.325 e. The summed E-state index contributed by atoms with van der Waals surface area (Å²) in [6.45, 7) is 6.07. The number of benzene rings is 1. The van der Waals surface area contributed by atoms with Crippen molar-refractivity contribution in [2.45, 2.75) is 39.5 Å². The molecule has 1 fully saturated rings. The molecule has 1 aromatic heterocycles. The van der Waals surface area contributed by atoms with Crippen molar-refractivity contribution < 1.29 is 14.4 Å². The number of aromatic nitrogens is 2. The Labute approximate surface area is 148 Å². The van der Waals surface area contributed by atoms with Crippen LogP contribution in [0.5, 0.6) is 0 Å². The van der Waals surface area contributed by atoms with Gasteiger partial charge in [-0.2, -0.15) is 0 Å². The van der Waals surface area contributed by atoms with Crippen molar-refractivity contribution in [3.63, 3.8) is 0 Å². The molecular weight excluding hydrogens is 337 g/mol. The molecule has 0 bridgehead atoms. The van der Waals surface area contributed by atoms with Crippen LogP contribution in [-0.2, 0) is 4.57 Å². The minimum absolute atomic E-state index is 0.00237. The molecule has 1 aromatic carbocycles. The van der Waals surface area contributed by atoms with E-state index >= 15 is 0 Å². The maximum atomic E-state index is 11.0. The minimum Gasteiger partial charge on any atom is -0.356 e. The Balaban J connectivity index is 1.66. The highest BCUT2D eigenvalue weighted by Gasteiger charge is 2.22. The number of hydrogen-bond acceptors (Lipinski definition) is 4. The van der Waals surface area contributed by atoms with Gasteiger partial charge in [0.25, 0.3) is 0 Å². The van der Waals surface area contributed by atoms with E-state index < -0.39 is 7.60 Å². The Morgan fingerprint density at radius 2 is 1.84 bits per heavy atom. The highest BCUT2D eigenvalue weighted by molar-refractivity contribution is 7.51. The van der Waals surface area contributed by atoms with Crippen LogP contribution >= 0.6 is 7.60 Å². The molecule has 1 aliphatic rings. The summed E-state index contributed by atoms with van der Waals surface area (Å²) in [6.07, 6.45) is 5.21. The van der Waals surface area contributed by atoms with Crippen LogP contribution in [0, 0.1) is 19.8 Å². The molecule has 0 aliphatic carbocycles. The SMILES string of the molecule is Cc1cc2ncnc(N3CCC(CCCP(=O)(O)O)CC3)c2cc1C. The lowest BCUT2D eigenvalue weighted by molar-refractivity contribution is 0.354. The number of rotatable bonds is 5. The highest BCUT2D eigenvalue weighted by atomic mass is 31.2. The normalized spacial score (nSPS) is 16.6. The van der Waals surface area contributed by atoms with Crippen LogP contribution in [0.2, 0.25) is 0 Å². The average Bonchev–Trinajstić information content (AvgIpc) is 2.55. The van der Waals surface area contributed by atoms with Crippen LogP contribution in [0.1, 0.15) is 36.8 Å². The van der Waals surface area contributed by atoms with Crippen molar-refractivity contribution >= 4 is 24.3 Å². The molecule has 0 radical (unpaired) electrons. The predicted molar refractivity (Wildman–Crippen MR) is 100 cm³/mol. The summed E-state index contributed by atoms with van der Waals surface area (Å²) < 4.78 is 11.0. The Hall–Kier alpha value is -1.49. The number of hydrogen-bond donors (Lipinski definition) is 2. The Bertz CT molecular complexity index is 797. The van der Waals surface area contributed by atoms with Gasteiger partial charge in [0.05, 0.1) is 5.52 Å². The van der Waals surface area contributed by atoms with E-state index in [-0.39, 0.29) is 6.16 Å². The van der Waals surface area contributed by atoms with Gasteiger partial charge in [-0.05, 0) is 68.7 Å². The molecule has 0 amide bonds. The van der Waals surface area contributed by atoms with E-state index in [4.69, 9.17) is 9.79 Å². The van der Waals surface area contributed by atoms with Crippen LogP contribution in [0.25, 0.3) is 10.9 Å². The molecule has 6 nitrogen and oxygen atoms in total. The van der Waals surface area contributed by atoms with Gasteiger partial charge in [0.2, 0.25) is 0 Å². The van der Waals surface area contributed by atoms with E-state index in [2.05, 4.69) is 40.8 Å². The minimum atomic E-state index is -3.86. The molecule has 7 heteroatoms. The molecule has 0 spiro atoms. The fraction of sp³-hybridized carbons (Fsp3) is 0.556. The lowest BCUT2D eigenvalue weighted by Crippen LogP contribution is -2.34. The van der Waals surface area contributed by atoms with Crippen molar-refractivity contribution in [3.05, 3.63) is 29.6 Å². The van der Waals surface area contributed by atoms with Crippen LogP contribution in [0.3, 0.4) is 0 Å². The number of aryl methyl sites for hydroxylation is 2. The van der Waals surface area contributed by atoms with Crippen LogP contribution in [0.15, 0.2) is 18.5 Å². The van der Waals surface area contributed by atoms with Crippen LogP contribution in [-0.4, -0.2) is 39.0 Å². The first-order valence-electron chi connectivity index (χ1n) is 8.85. The lowest BCUT2D eigenvalue weighted by Gasteiger charge is -2.33. The molecule has 2 heterocycles. The van der Waals surface area contributed by atoms with Crippen molar-refractivity contribution in [1.82, 2.24) is 9.97 Å². The first-order valence-corrected chi connectivity index (χ1v) is 10.6. The zero-order valence-corrected chi connectivity index (χ0v) is 15.7. The van der Waals surface area contributed by atoms with Crippen LogP contribution < -0.4 is 4.90 Å². The number of piperidine rings is 1. The molecular formula is C18H26N3O3P. The number of nitrogens with zero attached hydrogens (tertiary/aromatic N) is 3. The van der Waals surface area contributed by atoms with Gasteiger partial charge in [0.15, 0.2) is 0 Å². The summed E-state index contributed by atoms with van der Waals surface area (Å²) in [5.74, 6) is 1.54. The maximum Gasteiger partial charge on any atom is 0.325 e. The molecule has 0 unspecified atom stereocenters. The first kappa shape index (κ1) is 18.3. The van der Waals surface area contributed by atoms with E-state index in [0.29, 0.717) is 12.3 Å². The zero-order chi connectivity index (χ0) is 18.0. The highest BCUT2D eigenvalue weighted by Crippen LogP contribution is 2.37. The van der Waals surface area contributed by atoms with Crippen molar-refractivity contribution in [2.24, 2.45) is 5.92 Å². The van der Waals surface area contributed by atoms with Crippen LogP contribution in [0.4, 0.5) is 5.82 Å². The fourth-order valence-electron chi connectivity index (χ4n) is 3.57. The van der Waals surface area contributed by atoms with Gasteiger partial charge in [-0.1, -0.05) is 0 Å². The quantitative estimate of drug-likeness (QED) is 0.792. The van der Waals surface area contributed by atoms with Gasteiger partial charge < -0.3 is 14.7 Å². The van der Waals surface area contributed by atoms with E-state index in [9.17, 15) is 4.57 Å². The van der Waals surface area contributed by atoms with Crippen molar-refractivity contribution in [3.8, 4) is 0 Å². The number of anilines is 1. The Morgan fingerprint density at radius 1 is 1.16 bits per heavy atom. The summed E-state index contributed by atoms with van der Waals surface area (Å²) in [5.41, 5.74) is 3.47. The topological polar surface area (TPSA) is 86.6 Å². The van der Waals surface area contributed by atoms with Gasteiger partial charge in [0, 0.05) is 24.6 Å². The van der Waals surface area contributed by atoms with E-state index in [1.165, 1.54) is 11.1 Å². The summed E-state index contributed by atoms with van der Waals surface area (Å²) in [5, 5.41) is 1.10. The second kappa shape index (κ2) is 7.40. The first-order chi connectivity index (χ1) is 11.8. The predicted octanol–water partition coefficient (Wildman–Crippen LogP) is 3.42. The third kappa shape index (κ3) is 4.57. The van der Waals surface area contributed by atoms with E-state index in [0.717, 1.165) is 49.1 Å². The van der Waals surface area contributed by atoms with E-state index in [1.54, 1.807) is 6.33 Å². The standard InChI is InChI=1S/C18H26N3O3P/c1-13-10-16-17(11-14(13)2)19-12-20-18(16)21-7-5-15(6-8-21)4-3-9-25(22,23)24/h10-12,15H,3-9H2,1-2H3,(H2,22,23,24). The molecule has 2 aromatic rings. The second-order valence-corrected chi connectivity index (χ2v) is 8.89. The summed E-state index contributed by atoms with van der Waals surface area (Å²) in [7, 11) is -3.86. The van der Waals surface area contributed by atoms with E-state index in [1.807, 2.05) is 0 Å². The maximum absolute atomic E-state index is 11.0. The third-order valence-electron chi connectivity index (χ3n) is 5.21. The lowest BCUT2D eigenvalue weighted by atomic mass is 9.92. The molecule has 2 N–H and O–H groups in total. The van der Waals surface area contributed by atoms with Gasteiger partial charge in [0.1, 0.15) is 12.1 Å².